The first-order valence-electron chi connectivity index (χ1n) is 8.61. The smallest absolute Gasteiger partial charge is 0.252 e. The molecular formula is C19H24INO. The molecule has 4 saturated carbocycles. The number of hydrogen-bond acceptors (Lipinski definition) is 1. The van der Waals surface area contributed by atoms with Crippen LogP contribution in [0.25, 0.3) is 0 Å². The van der Waals surface area contributed by atoms with Gasteiger partial charge in [-0.15, -0.1) is 0 Å². The Kier molecular flexibility index (Phi) is 3.74. The maximum absolute atomic E-state index is 12.7. The van der Waals surface area contributed by atoms with Gasteiger partial charge in [-0.25, -0.2) is 0 Å². The molecule has 1 aromatic rings. The third-order valence-corrected chi connectivity index (χ3v) is 7.41. The third kappa shape index (κ3) is 2.49. The number of halogens is 1. The minimum absolute atomic E-state index is 0.105. The summed E-state index contributed by atoms with van der Waals surface area (Å²) in [6.45, 7) is 2.25. The van der Waals surface area contributed by atoms with Crippen LogP contribution in [0.3, 0.4) is 0 Å². The molecule has 0 radical (unpaired) electrons. The molecule has 0 heterocycles. The lowest BCUT2D eigenvalue weighted by Gasteiger charge is -2.59. The second kappa shape index (κ2) is 5.50. The van der Waals surface area contributed by atoms with E-state index in [0.29, 0.717) is 11.5 Å². The SMILES string of the molecule is C[C@@H](NC(=O)c1ccccc1I)C12CC3CC(CC(C3)C1)C2. The van der Waals surface area contributed by atoms with Gasteiger partial charge >= 0.3 is 0 Å². The van der Waals surface area contributed by atoms with Crippen molar-refractivity contribution in [2.45, 2.75) is 51.5 Å². The Hall–Kier alpha value is -0.580. The molecule has 5 rings (SSSR count). The summed E-state index contributed by atoms with van der Waals surface area (Å²) in [4.78, 5) is 12.7. The molecule has 22 heavy (non-hydrogen) atoms. The van der Waals surface area contributed by atoms with Crippen molar-refractivity contribution in [1.29, 1.82) is 0 Å². The fourth-order valence-corrected chi connectivity index (χ4v) is 6.41. The highest BCUT2D eigenvalue weighted by molar-refractivity contribution is 14.1. The van der Waals surface area contributed by atoms with Gasteiger partial charge in [0.25, 0.3) is 5.91 Å². The van der Waals surface area contributed by atoms with Crippen LogP contribution in [-0.4, -0.2) is 11.9 Å². The first kappa shape index (κ1) is 15.0. The molecule has 0 spiro atoms. The molecule has 0 aromatic heterocycles. The minimum atomic E-state index is 0.105. The Morgan fingerprint density at radius 1 is 1.14 bits per heavy atom. The molecular weight excluding hydrogens is 385 g/mol. The summed E-state index contributed by atoms with van der Waals surface area (Å²) >= 11 is 2.25. The molecule has 4 bridgehead atoms. The molecule has 4 aliphatic carbocycles. The van der Waals surface area contributed by atoms with Crippen molar-refractivity contribution in [3.8, 4) is 0 Å². The predicted octanol–water partition coefficient (Wildman–Crippen LogP) is 4.63. The average Bonchev–Trinajstić information content (AvgIpc) is 2.46. The van der Waals surface area contributed by atoms with Crippen LogP contribution in [0.5, 0.6) is 0 Å². The van der Waals surface area contributed by atoms with Crippen LogP contribution in [0.4, 0.5) is 0 Å². The monoisotopic (exact) mass is 409 g/mol. The normalized spacial score (nSPS) is 37.1. The van der Waals surface area contributed by atoms with Crippen molar-refractivity contribution in [1.82, 2.24) is 5.32 Å². The molecule has 0 aliphatic heterocycles. The van der Waals surface area contributed by atoms with Gasteiger partial charge in [0.1, 0.15) is 0 Å². The highest BCUT2D eigenvalue weighted by atomic mass is 127. The van der Waals surface area contributed by atoms with Crippen LogP contribution < -0.4 is 5.32 Å². The van der Waals surface area contributed by atoms with Crippen LogP contribution in [0.2, 0.25) is 0 Å². The maximum atomic E-state index is 12.7. The van der Waals surface area contributed by atoms with Gasteiger partial charge < -0.3 is 5.32 Å². The second-order valence-corrected chi connectivity index (χ2v) is 9.12. The van der Waals surface area contributed by atoms with Crippen molar-refractivity contribution in [2.75, 3.05) is 0 Å². The first-order chi connectivity index (χ1) is 10.6. The van der Waals surface area contributed by atoms with Gasteiger partial charge in [-0.2, -0.15) is 0 Å². The summed E-state index contributed by atoms with van der Waals surface area (Å²) in [7, 11) is 0. The molecule has 1 N–H and O–H groups in total. The van der Waals surface area contributed by atoms with E-state index in [-0.39, 0.29) is 5.91 Å². The first-order valence-corrected chi connectivity index (χ1v) is 9.69. The van der Waals surface area contributed by atoms with E-state index in [9.17, 15) is 4.79 Å². The Balaban J connectivity index is 1.52. The highest BCUT2D eigenvalue weighted by Gasteiger charge is 2.53. The summed E-state index contributed by atoms with van der Waals surface area (Å²) in [5.74, 6) is 2.90. The summed E-state index contributed by atoms with van der Waals surface area (Å²) in [5.41, 5.74) is 1.20. The van der Waals surface area contributed by atoms with E-state index in [1.54, 1.807) is 0 Å². The molecule has 118 valence electrons. The minimum Gasteiger partial charge on any atom is -0.349 e. The molecule has 1 aromatic carbocycles. The van der Waals surface area contributed by atoms with Crippen LogP contribution in [0, 0.1) is 26.7 Å². The Labute approximate surface area is 146 Å². The quantitative estimate of drug-likeness (QED) is 0.725. The number of nitrogens with one attached hydrogen (secondary N) is 1. The second-order valence-electron chi connectivity index (χ2n) is 7.95. The Morgan fingerprint density at radius 2 is 1.68 bits per heavy atom. The molecule has 4 aliphatic rings. The maximum Gasteiger partial charge on any atom is 0.252 e. The lowest BCUT2D eigenvalue weighted by Crippen LogP contribution is -2.55. The lowest BCUT2D eigenvalue weighted by atomic mass is 9.48. The number of carbonyl (C=O) groups is 1. The number of benzene rings is 1. The number of amides is 1. The molecule has 1 amide bonds. The zero-order valence-electron chi connectivity index (χ0n) is 13.1. The Bertz CT molecular complexity index is 562. The lowest BCUT2D eigenvalue weighted by molar-refractivity contribution is -0.0688. The number of hydrogen-bond donors (Lipinski definition) is 1. The van der Waals surface area contributed by atoms with E-state index >= 15 is 0 Å². The van der Waals surface area contributed by atoms with Crippen LogP contribution in [-0.2, 0) is 0 Å². The van der Waals surface area contributed by atoms with Gasteiger partial charge in [-0.1, -0.05) is 12.1 Å². The van der Waals surface area contributed by atoms with Gasteiger partial charge in [0.05, 0.1) is 5.56 Å². The van der Waals surface area contributed by atoms with Crippen LogP contribution >= 0.6 is 22.6 Å². The molecule has 0 saturated heterocycles. The van der Waals surface area contributed by atoms with Crippen molar-refractivity contribution >= 4 is 28.5 Å². The topological polar surface area (TPSA) is 29.1 Å². The summed E-state index contributed by atoms with van der Waals surface area (Å²) < 4.78 is 1.04. The summed E-state index contributed by atoms with van der Waals surface area (Å²) in [6.07, 6.45) is 8.38. The number of rotatable bonds is 3. The zero-order chi connectivity index (χ0) is 15.3. The molecule has 2 nitrogen and oxygen atoms in total. The van der Waals surface area contributed by atoms with Crippen molar-refractivity contribution < 1.29 is 4.79 Å². The average molecular weight is 409 g/mol. The van der Waals surface area contributed by atoms with Crippen molar-refractivity contribution in [2.24, 2.45) is 23.2 Å². The van der Waals surface area contributed by atoms with Crippen LogP contribution in [0.1, 0.15) is 55.8 Å². The summed E-state index contributed by atoms with van der Waals surface area (Å²) in [5, 5.41) is 3.35. The zero-order valence-corrected chi connectivity index (χ0v) is 15.3. The molecule has 3 heteroatoms. The molecule has 1 atom stereocenters. The third-order valence-electron chi connectivity index (χ3n) is 6.47. The van der Waals surface area contributed by atoms with E-state index in [0.717, 1.165) is 26.9 Å². The van der Waals surface area contributed by atoms with Crippen molar-refractivity contribution in [3.05, 3.63) is 33.4 Å². The molecule has 0 unspecified atom stereocenters. The van der Waals surface area contributed by atoms with Crippen molar-refractivity contribution in [3.63, 3.8) is 0 Å². The number of carbonyl (C=O) groups excluding carboxylic acids is 1. The van der Waals surface area contributed by atoms with E-state index in [1.807, 2.05) is 24.3 Å². The van der Waals surface area contributed by atoms with Gasteiger partial charge in [0.2, 0.25) is 0 Å². The van der Waals surface area contributed by atoms with Crippen LogP contribution in [0.15, 0.2) is 24.3 Å². The van der Waals surface area contributed by atoms with Gasteiger partial charge in [0, 0.05) is 9.61 Å². The summed E-state index contributed by atoms with van der Waals surface area (Å²) in [6, 6.07) is 8.17. The van der Waals surface area contributed by atoms with Gasteiger partial charge in [-0.3, -0.25) is 4.79 Å². The molecule has 4 fully saturated rings. The highest BCUT2D eigenvalue weighted by Crippen LogP contribution is 2.61. The fraction of sp³-hybridized carbons (Fsp3) is 0.632. The standard InChI is InChI=1S/C19H24INO/c1-12(21-18(22)16-4-2-3-5-17(16)20)19-9-13-6-14(10-19)8-15(7-13)11-19/h2-5,12-15H,6-11H2,1H3,(H,21,22)/t12-,13?,14?,15?,19?/m1/s1. The fourth-order valence-electron chi connectivity index (χ4n) is 5.78. The largest absolute Gasteiger partial charge is 0.349 e. The van der Waals surface area contributed by atoms with E-state index in [4.69, 9.17) is 0 Å². The van der Waals surface area contributed by atoms with Gasteiger partial charge in [0.15, 0.2) is 0 Å². The Morgan fingerprint density at radius 3 is 2.23 bits per heavy atom. The van der Waals surface area contributed by atoms with E-state index < -0.39 is 0 Å². The van der Waals surface area contributed by atoms with E-state index in [2.05, 4.69) is 34.8 Å². The van der Waals surface area contributed by atoms with E-state index in [1.165, 1.54) is 38.5 Å². The predicted molar refractivity (Wildman–Crippen MR) is 96.7 cm³/mol. The van der Waals surface area contributed by atoms with Gasteiger partial charge in [-0.05, 0) is 103 Å².